The molecular formula is C7H10Br2F2O. The molecule has 12 heavy (non-hydrogen) atoms. The van der Waals surface area contributed by atoms with E-state index in [4.69, 9.17) is 4.74 Å². The van der Waals surface area contributed by atoms with E-state index in [-0.39, 0.29) is 17.9 Å². The van der Waals surface area contributed by atoms with E-state index in [9.17, 15) is 8.78 Å². The lowest BCUT2D eigenvalue weighted by molar-refractivity contribution is 0.0864. The average molecular weight is 308 g/mol. The lowest BCUT2D eigenvalue weighted by atomic mass is 10.3. The molecule has 0 saturated heterocycles. The monoisotopic (exact) mass is 306 g/mol. The smallest absolute Gasteiger partial charge is 0.302 e. The van der Waals surface area contributed by atoms with Crippen molar-refractivity contribution in [3.63, 3.8) is 0 Å². The van der Waals surface area contributed by atoms with Gasteiger partial charge in [-0.25, -0.2) is 0 Å². The first kappa shape index (κ1) is 12.5. The first-order chi connectivity index (χ1) is 5.45. The van der Waals surface area contributed by atoms with Gasteiger partial charge in [0, 0.05) is 11.2 Å². The Kier molecular flexibility index (Phi) is 6.31. The van der Waals surface area contributed by atoms with Crippen LogP contribution in [0.15, 0.2) is 12.7 Å². The summed E-state index contributed by atoms with van der Waals surface area (Å²) in [6.07, 6.45) is 1.29. The fraction of sp³-hybridized carbons (Fsp3) is 0.714. The van der Waals surface area contributed by atoms with Crippen LogP contribution in [0.2, 0.25) is 0 Å². The third-order valence-corrected chi connectivity index (χ3v) is 1.90. The number of ether oxygens (including phenoxy) is 1. The zero-order valence-corrected chi connectivity index (χ0v) is 9.58. The molecule has 0 amide bonds. The minimum atomic E-state index is -2.82. The Morgan fingerprint density at radius 3 is 2.58 bits per heavy atom. The largest absolute Gasteiger partial charge is 0.376 e. The summed E-state index contributed by atoms with van der Waals surface area (Å²) >= 11 is 5.32. The summed E-state index contributed by atoms with van der Waals surface area (Å²) in [6, 6.07) is 0. The Labute approximate surface area is 87.4 Å². The second-order valence-corrected chi connectivity index (χ2v) is 4.70. The van der Waals surface area contributed by atoms with E-state index < -0.39 is 4.83 Å². The summed E-state index contributed by atoms with van der Waals surface area (Å²) in [5, 5.41) is 0. The minimum absolute atomic E-state index is 0.257. The third kappa shape index (κ3) is 8.62. The molecule has 0 saturated carbocycles. The summed E-state index contributed by atoms with van der Waals surface area (Å²) < 4.78 is 29.6. The van der Waals surface area contributed by atoms with Gasteiger partial charge in [-0.3, -0.25) is 0 Å². The molecule has 5 heteroatoms. The summed E-state index contributed by atoms with van der Waals surface area (Å²) in [7, 11) is 0. The van der Waals surface area contributed by atoms with Crippen LogP contribution in [0.3, 0.4) is 0 Å². The third-order valence-electron chi connectivity index (χ3n) is 0.987. The molecule has 0 bridgehead atoms. The average Bonchev–Trinajstić information content (AvgIpc) is 1.84. The van der Waals surface area contributed by atoms with Crippen LogP contribution >= 0.6 is 31.9 Å². The highest BCUT2D eigenvalue weighted by atomic mass is 79.9. The van der Waals surface area contributed by atoms with Crippen molar-refractivity contribution in [2.24, 2.45) is 0 Å². The van der Waals surface area contributed by atoms with Gasteiger partial charge in [0.25, 0.3) is 0 Å². The Balaban J connectivity index is 3.46. The Morgan fingerprint density at radius 2 is 2.17 bits per heavy atom. The molecule has 1 atom stereocenters. The van der Waals surface area contributed by atoms with E-state index in [1.165, 1.54) is 0 Å². The highest BCUT2D eigenvalue weighted by Gasteiger charge is 2.27. The van der Waals surface area contributed by atoms with Crippen molar-refractivity contribution in [3.05, 3.63) is 12.7 Å². The van der Waals surface area contributed by atoms with Crippen LogP contribution in [0, 0.1) is 0 Å². The normalized spacial score (nSPS) is 14.3. The molecule has 1 nitrogen and oxygen atoms in total. The van der Waals surface area contributed by atoms with Gasteiger partial charge in [-0.1, -0.05) is 22.0 Å². The summed E-state index contributed by atoms with van der Waals surface area (Å²) in [5.74, 6) is 0. The van der Waals surface area contributed by atoms with Crippen molar-refractivity contribution in [2.45, 2.75) is 16.1 Å². The van der Waals surface area contributed by atoms with E-state index in [0.29, 0.717) is 6.61 Å². The first-order valence-electron chi connectivity index (χ1n) is 3.35. The van der Waals surface area contributed by atoms with Crippen molar-refractivity contribution in [1.29, 1.82) is 0 Å². The van der Waals surface area contributed by atoms with Crippen LogP contribution in [-0.4, -0.2) is 22.9 Å². The fourth-order valence-electron chi connectivity index (χ4n) is 0.589. The maximum atomic E-state index is 12.3. The van der Waals surface area contributed by atoms with Crippen LogP contribution < -0.4 is 0 Å². The van der Waals surface area contributed by atoms with Gasteiger partial charge < -0.3 is 4.74 Å². The van der Waals surface area contributed by atoms with Crippen LogP contribution in [0.5, 0.6) is 0 Å². The second-order valence-electron chi connectivity index (χ2n) is 2.24. The van der Waals surface area contributed by atoms with Gasteiger partial charge in [0.1, 0.15) is 0 Å². The van der Waals surface area contributed by atoms with Gasteiger partial charge >= 0.3 is 4.83 Å². The van der Waals surface area contributed by atoms with Crippen molar-refractivity contribution in [2.75, 3.05) is 13.2 Å². The van der Waals surface area contributed by atoms with E-state index in [2.05, 4.69) is 38.4 Å². The van der Waals surface area contributed by atoms with Gasteiger partial charge in [-0.15, -0.1) is 6.58 Å². The molecule has 1 unspecified atom stereocenters. The molecule has 0 aliphatic rings. The molecule has 72 valence electrons. The fourth-order valence-corrected chi connectivity index (χ4v) is 2.01. The van der Waals surface area contributed by atoms with Gasteiger partial charge in [-0.05, 0) is 15.9 Å². The lowest BCUT2D eigenvalue weighted by Crippen LogP contribution is -2.17. The van der Waals surface area contributed by atoms with Crippen molar-refractivity contribution in [1.82, 2.24) is 0 Å². The van der Waals surface area contributed by atoms with Crippen molar-refractivity contribution < 1.29 is 13.5 Å². The molecule has 0 aromatic heterocycles. The molecule has 0 rings (SSSR count). The summed E-state index contributed by atoms with van der Waals surface area (Å²) in [5.41, 5.74) is 0. The van der Waals surface area contributed by atoms with Gasteiger partial charge in [0.05, 0.1) is 13.2 Å². The van der Waals surface area contributed by atoms with Gasteiger partial charge in [-0.2, -0.15) is 8.78 Å². The predicted molar refractivity (Wildman–Crippen MR) is 52.2 cm³/mol. The molecule has 0 spiro atoms. The minimum Gasteiger partial charge on any atom is -0.376 e. The Hall–Kier alpha value is 0.520. The molecule has 0 aliphatic heterocycles. The number of alkyl halides is 4. The molecule has 0 N–H and O–H groups in total. The molecule has 0 fully saturated rings. The van der Waals surface area contributed by atoms with Crippen LogP contribution in [0.4, 0.5) is 8.78 Å². The Bertz CT molecular complexity index is 136. The van der Waals surface area contributed by atoms with Crippen LogP contribution in [0.25, 0.3) is 0 Å². The van der Waals surface area contributed by atoms with E-state index >= 15 is 0 Å². The van der Waals surface area contributed by atoms with E-state index in [1.807, 2.05) is 0 Å². The van der Waals surface area contributed by atoms with Gasteiger partial charge in [0.2, 0.25) is 0 Å². The molecular weight excluding hydrogens is 298 g/mol. The predicted octanol–water partition coefficient (Wildman–Crippen LogP) is 3.33. The molecule has 0 aromatic rings. The summed E-state index contributed by atoms with van der Waals surface area (Å²) in [6.45, 7) is 4.08. The second kappa shape index (κ2) is 6.05. The molecule has 0 radical (unpaired) electrons. The van der Waals surface area contributed by atoms with E-state index in [0.717, 1.165) is 0 Å². The maximum absolute atomic E-state index is 12.3. The van der Waals surface area contributed by atoms with E-state index in [1.54, 1.807) is 6.08 Å². The van der Waals surface area contributed by atoms with Crippen LogP contribution in [-0.2, 0) is 4.74 Å². The lowest BCUT2D eigenvalue weighted by Gasteiger charge is -2.13. The number of rotatable bonds is 6. The topological polar surface area (TPSA) is 9.23 Å². The maximum Gasteiger partial charge on any atom is 0.302 e. The van der Waals surface area contributed by atoms with Crippen molar-refractivity contribution >= 4 is 31.9 Å². The number of hydrogen-bond donors (Lipinski definition) is 0. The SMILES string of the molecule is C=CCOCC(Br)CC(F)(F)Br. The first-order valence-corrected chi connectivity index (χ1v) is 5.06. The number of hydrogen-bond acceptors (Lipinski definition) is 1. The zero-order chi connectivity index (χ0) is 9.61. The van der Waals surface area contributed by atoms with Crippen LogP contribution in [0.1, 0.15) is 6.42 Å². The molecule has 0 aliphatic carbocycles. The quantitative estimate of drug-likeness (QED) is 0.415. The van der Waals surface area contributed by atoms with Crippen molar-refractivity contribution in [3.8, 4) is 0 Å². The highest BCUT2D eigenvalue weighted by molar-refractivity contribution is 9.10. The summed E-state index contributed by atoms with van der Waals surface area (Å²) in [4.78, 5) is -3.16. The zero-order valence-electron chi connectivity index (χ0n) is 6.40. The van der Waals surface area contributed by atoms with Gasteiger partial charge in [0.15, 0.2) is 0 Å². The Morgan fingerprint density at radius 1 is 1.58 bits per heavy atom. The molecule has 0 aromatic carbocycles. The molecule has 0 heterocycles. The standard InChI is InChI=1S/C7H10Br2F2O/c1-2-3-12-5-6(8)4-7(9,10)11/h2,6H,1,3-5H2. The number of halogens is 4. The highest BCUT2D eigenvalue weighted by Crippen LogP contribution is 2.29.